The van der Waals surface area contributed by atoms with E-state index < -0.39 is 5.60 Å². The maximum absolute atomic E-state index is 12.4. The van der Waals surface area contributed by atoms with E-state index in [0.29, 0.717) is 12.2 Å². The molecule has 0 radical (unpaired) electrons. The van der Waals surface area contributed by atoms with Crippen molar-refractivity contribution in [2.45, 2.75) is 58.1 Å². The summed E-state index contributed by atoms with van der Waals surface area (Å²) in [5.74, 6) is 0.472. The Morgan fingerprint density at radius 1 is 1.20 bits per heavy atom. The molecule has 1 aliphatic rings. The summed E-state index contributed by atoms with van der Waals surface area (Å²) in [7, 11) is 0. The summed E-state index contributed by atoms with van der Waals surface area (Å²) in [5.41, 5.74) is 2.88. The van der Waals surface area contributed by atoms with Gasteiger partial charge >= 0.3 is 5.97 Å². The minimum Gasteiger partial charge on any atom is -0.453 e. The van der Waals surface area contributed by atoms with E-state index in [-0.39, 0.29) is 17.4 Å². The number of carbonyl (C=O) groups is 1. The number of aryl methyl sites for hydroxylation is 1. The van der Waals surface area contributed by atoms with E-state index in [0.717, 1.165) is 11.1 Å². The normalized spacial score (nSPS) is 23.4. The molecule has 0 saturated carbocycles. The number of esters is 1. The number of hydrogen-bond acceptors (Lipinski definition) is 4. The van der Waals surface area contributed by atoms with Crippen LogP contribution in [0.25, 0.3) is 0 Å². The average molecular weight is 338 g/mol. The largest absolute Gasteiger partial charge is 0.453 e. The molecule has 0 spiro atoms. The van der Waals surface area contributed by atoms with Crippen molar-refractivity contribution in [3.63, 3.8) is 0 Å². The molecular weight excluding hydrogens is 312 g/mol. The monoisotopic (exact) mass is 338 g/mol. The minimum atomic E-state index is -0.616. The van der Waals surface area contributed by atoms with Crippen molar-refractivity contribution >= 4 is 11.8 Å². The van der Waals surface area contributed by atoms with Gasteiger partial charge in [0.15, 0.2) is 0 Å². The predicted molar refractivity (Wildman–Crippen MR) is 99.6 cm³/mol. The molecular formula is C21H26N2O2. The summed E-state index contributed by atoms with van der Waals surface area (Å²) >= 11 is 0. The maximum Gasteiger partial charge on any atom is 0.329 e. The lowest BCUT2D eigenvalue weighted by molar-refractivity contribution is -0.148. The van der Waals surface area contributed by atoms with Crippen LogP contribution in [0.3, 0.4) is 0 Å². The molecule has 2 aromatic rings. The second-order valence-electron chi connectivity index (χ2n) is 8.10. The minimum absolute atomic E-state index is 0.104. The van der Waals surface area contributed by atoms with Crippen LogP contribution in [0.1, 0.15) is 50.8 Å². The third-order valence-electron chi connectivity index (χ3n) is 4.80. The number of hydrogen-bond donors (Lipinski definition) is 1. The first-order valence-corrected chi connectivity index (χ1v) is 8.70. The molecule has 2 heterocycles. The molecule has 2 atom stereocenters. The molecule has 1 fully saturated rings. The van der Waals surface area contributed by atoms with E-state index in [1.165, 1.54) is 5.56 Å². The van der Waals surface area contributed by atoms with Gasteiger partial charge in [-0.2, -0.15) is 0 Å². The fourth-order valence-corrected chi connectivity index (χ4v) is 3.21. The Labute approximate surface area is 149 Å². The van der Waals surface area contributed by atoms with Gasteiger partial charge in [0.1, 0.15) is 17.5 Å². The van der Waals surface area contributed by atoms with E-state index in [1.54, 1.807) is 6.20 Å². The zero-order chi connectivity index (χ0) is 18.2. The van der Waals surface area contributed by atoms with Crippen molar-refractivity contribution in [2.24, 2.45) is 0 Å². The molecule has 0 bridgehead atoms. The molecule has 132 valence electrons. The highest BCUT2D eigenvalue weighted by Gasteiger charge is 2.44. The fourth-order valence-electron chi connectivity index (χ4n) is 3.21. The summed E-state index contributed by atoms with van der Waals surface area (Å²) in [5, 5.41) is 3.21. The Morgan fingerprint density at radius 3 is 2.48 bits per heavy atom. The number of pyridine rings is 1. The number of aromatic nitrogens is 1. The third-order valence-corrected chi connectivity index (χ3v) is 4.80. The molecule has 0 aliphatic carbocycles. The van der Waals surface area contributed by atoms with Gasteiger partial charge in [-0.3, -0.25) is 0 Å². The number of carbonyl (C=O) groups excluding carboxylic acids is 1. The summed E-state index contributed by atoms with van der Waals surface area (Å²) in [4.78, 5) is 16.6. The molecule has 1 aliphatic heterocycles. The first kappa shape index (κ1) is 17.5. The lowest BCUT2D eigenvalue weighted by Crippen LogP contribution is -2.25. The van der Waals surface area contributed by atoms with Gasteiger partial charge < -0.3 is 10.1 Å². The molecule has 0 amide bonds. The SMILES string of the molecule is Cc1ccnc(NC2CC(C)(c3ccc(C(C)(C)C)cc3)OC2=O)c1. The highest BCUT2D eigenvalue weighted by molar-refractivity contribution is 5.82. The van der Waals surface area contributed by atoms with Crippen LogP contribution in [0.15, 0.2) is 42.6 Å². The van der Waals surface area contributed by atoms with Crippen molar-refractivity contribution in [1.29, 1.82) is 0 Å². The first-order chi connectivity index (χ1) is 11.7. The first-order valence-electron chi connectivity index (χ1n) is 8.70. The Kier molecular flexibility index (Phi) is 4.31. The molecule has 4 heteroatoms. The van der Waals surface area contributed by atoms with Gasteiger partial charge in [-0.05, 0) is 48.1 Å². The molecule has 25 heavy (non-hydrogen) atoms. The van der Waals surface area contributed by atoms with Gasteiger partial charge in [0, 0.05) is 12.6 Å². The number of benzene rings is 1. The number of nitrogens with zero attached hydrogens (tertiary/aromatic N) is 1. The summed E-state index contributed by atoms with van der Waals surface area (Å²) < 4.78 is 5.75. The van der Waals surface area contributed by atoms with Gasteiger partial charge in [-0.1, -0.05) is 45.0 Å². The molecule has 2 unspecified atom stereocenters. The van der Waals surface area contributed by atoms with Crippen LogP contribution < -0.4 is 5.32 Å². The Bertz CT molecular complexity index is 777. The van der Waals surface area contributed by atoms with Crippen LogP contribution in [-0.2, 0) is 20.5 Å². The molecule has 4 nitrogen and oxygen atoms in total. The molecule has 1 aromatic carbocycles. The molecule has 1 saturated heterocycles. The van der Waals surface area contributed by atoms with E-state index in [4.69, 9.17) is 4.74 Å². The van der Waals surface area contributed by atoms with Crippen molar-refractivity contribution < 1.29 is 9.53 Å². The van der Waals surface area contributed by atoms with Gasteiger partial charge in [0.2, 0.25) is 0 Å². The second kappa shape index (κ2) is 6.17. The summed E-state index contributed by atoms with van der Waals surface area (Å²) in [6.45, 7) is 10.5. The maximum atomic E-state index is 12.4. The zero-order valence-electron chi connectivity index (χ0n) is 15.6. The highest BCUT2D eigenvalue weighted by atomic mass is 16.6. The predicted octanol–water partition coefficient (Wildman–Crippen LogP) is 4.33. The summed E-state index contributed by atoms with van der Waals surface area (Å²) in [6, 6.07) is 11.9. The molecule has 3 rings (SSSR count). The lowest BCUT2D eigenvalue weighted by Gasteiger charge is -2.25. The zero-order valence-corrected chi connectivity index (χ0v) is 15.6. The Balaban J connectivity index is 1.78. The Morgan fingerprint density at radius 2 is 1.88 bits per heavy atom. The standard InChI is InChI=1S/C21H26N2O2/c1-14-10-11-22-18(12-14)23-17-13-21(5,25-19(17)24)16-8-6-15(7-9-16)20(2,3)4/h6-12,17H,13H2,1-5H3,(H,22,23). The highest BCUT2D eigenvalue weighted by Crippen LogP contribution is 2.38. The van der Waals surface area contributed by atoms with Crippen molar-refractivity contribution in [3.8, 4) is 0 Å². The number of ether oxygens (including phenoxy) is 1. The van der Waals surface area contributed by atoms with Crippen molar-refractivity contribution in [1.82, 2.24) is 4.98 Å². The number of cyclic esters (lactones) is 1. The van der Waals surface area contributed by atoms with Gasteiger partial charge in [-0.25, -0.2) is 9.78 Å². The van der Waals surface area contributed by atoms with Gasteiger partial charge in [0.05, 0.1) is 0 Å². The smallest absolute Gasteiger partial charge is 0.329 e. The number of rotatable bonds is 3. The van der Waals surface area contributed by atoms with E-state index in [2.05, 4.69) is 55.3 Å². The van der Waals surface area contributed by atoms with Crippen molar-refractivity contribution in [2.75, 3.05) is 5.32 Å². The van der Waals surface area contributed by atoms with Crippen LogP contribution in [0.5, 0.6) is 0 Å². The van der Waals surface area contributed by atoms with E-state index >= 15 is 0 Å². The van der Waals surface area contributed by atoms with Crippen LogP contribution in [0.2, 0.25) is 0 Å². The molecule has 1 aromatic heterocycles. The average Bonchev–Trinajstić information content (AvgIpc) is 2.82. The third kappa shape index (κ3) is 3.68. The quantitative estimate of drug-likeness (QED) is 0.846. The van der Waals surface area contributed by atoms with Crippen LogP contribution in [0.4, 0.5) is 5.82 Å². The van der Waals surface area contributed by atoms with Gasteiger partial charge in [-0.15, -0.1) is 0 Å². The summed E-state index contributed by atoms with van der Waals surface area (Å²) in [6.07, 6.45) is 2.32. The van der Waals surface area contributed by atoms with Gasteiger partial charge in [0.25, 0.3) is 0 Å². The fraction of sp³-hybridized carbons (Fsp3) is 0.429. The van der Waals surface area contributed by atoms with E-state index in [1.807, 2.05) is 26.0 Å². The van der Waals surface area contributed by atoms with Crippen LogP contribution in [-0.4, -0.2) is 17.0 Å². The topological polar surface area (TPSA) is 51.2 Å². The second-order valence-corrected chi connectivity index (χ2v) is 8.10. The number of nitrogens with one attached hydrogen (secondary N) is 1. The van der Waals surface area contributed by atoms with E-state index in [9.17, 15) is 4.79 Å². The molecule has 1 N–H and O–H groups in total. The number of anilines is 1. The lowest BCUT2D eigenvalue weighted by atomic mass is 9.84. The van der Waals surface area contributed by atoms with Crippen LogP contribution >= 0.6 is 0 Å². The Hall–Kier alpha value is -2.36. The van der Waals surface area contributed by atoms with Crippen molar-refractivity contribution in [3.05, 3.63) is 59.3 Å². The van der Waals surface area contributed by atoms with Crippen LogP contribution in [0, 0.1) is 6.92 Å².